The molecule has 6 aliphatic carbocycles. The number of phenolic OH excluding ortho intramolecular Hbond substituents is 2. The maximum atomic E-state index is 10.4. The van der Waals surface area contributed by atoms with Gasteiger partial charge in [0.1, 0.15) is 17.2 Å². The van der Waals surface area contributed by atoms with Crippen molar-refractivity contribution in [2.24, 2.45) is 68.0 Å². The van der Waals surface area contributed by atoms with Crippen LogP contribution in [-0.2, 0) is 16.2 Å². The van der Waals surface area contributed by atoms with Crippen molar-refractivity contribution in [2.45, 2.75) is 196 Å². The van der Waals surface area contributed by atoms with Crippen LogP contribution in [0.4, 0.5) is 0 Å². The predicted molar refractivity (Wildman–Crippen MR) is 303 cm³/mol. The Hall–Kier alpha value is -4.14. The lowest BCUT2D eigenvalue weighted by Crippen LogP contribution is -2.59. The van der Waals surface area contributed by atoms with Crippen LogP contribution >= 0.6 is 0 Å². The van der Waals surface area contributed by atoms with E-state index in [0.717, 1.165) is 77.1 Å². The molecule has 9 nitrogen and oxygen atoms in total. The van der Waals surface area contributed by atoms with E-state index in [2.05, 4.69) is 101 Å². The van der Waals surface area contributed by atoms with Crippen molar-refractivity contribution < 1.29 is 43.4 Å². The molecule has 76 heavy (non-hydrogen) atoms. The summed E-state index contributed by atoms with van der Waals surface area (Å²) in [6, 6.07) is 11.7. The number of hydrogen-bond acceptors (Lipinski definition) is 9. The highest BCUT2D eigenvalue weighted by Crippen LogP contribution is 2.70. The molecule has 0 spiro atoms. The van der Waals surface area contributed by atoms with Gasteiger partial charge in [-0.25, -0.2) is 0 Å². The summed E-state index contributed by atoms with van der Waals surface area (Å²) < 4.78 is 40.8. The number of ether oxygens (including phenoxy) is 7. The van der Waals surface area contributed by atoms with E-state index >= 15 is 0 Å². The zero-order valence-electron chi connectivity index (χ0n) is 49.9. The van der Waals surface area contributed by atoms with Crippen LogP contribution in [0, 0.1) is 68.0 Å². The van der Waals surface area contributed by atoms with Gasteiger partial charge in [0, 0.05) is 68.9 Å². The lowest BCUT2D eigenvalue weighted by Gasteiger charge is -2.63. The summed E-state index contributed by atoms with van der Waals surface area (Å²) in [7, 11) is 6.76. The number of methoxy groups -OCH3 is 4. The Morgan fingerprint density at radius 3 is 0.987 bits per heavy atom. The van der Waals surface area contributed by atoms with Crippen LogP contribution in [0.2, 0.25) is 0 Å². The molecule has 3 heterocycles. The summed E-state index contributed by atoms with van der Waals surface area (Å²) in [5.41, 5.74) is 5.95. The second kappa shape index (κ2) is 19.0. The SMILES string of the molecule is COc1cc(O)c2c(c1)[C@]1(C)CC[C@H]3C(C)(C)CCC[C@]3(C)[C@H]1CO2.COc1cc(O)c2c(c1)[C@]1(C)CC[C@H]3C(C)(C)CCC[C@]3(C)[C@H]1CO2.COc1cc(OC)c2c(c1)[C@]1(C)CC[C@H]3C(C)(C)CCC[C@]3(C)[C@H]1CO2. The lowest BCUT2D eigenvalue weighted by atomic mass is 9.42. The summed E-state index contributed by atoms with van der Waals surface area (Å²) in [5, 5.41) is 20.9. The van der Waals surface area contributed by atoms with E-state index in [1.165, 1.54) is 89.0 Å². The van der Waals surface area contributed by atoms with Crippen LogP contribution in [0.5, 0.6) is 51.7 Å². The molecule has 12 rings (SSSR count). The number of benzene rings is 3. The Bertz CT molecular complexity index is 2550. The Balaban J connectivity index is 0.000000130. The molecule has 9 aliphatic rings. The Labute approximate surface area is 458 Å². The number of phenols is 2. The number of hydrogen-bond donors (Lipinski definition) is 2. The first-order valence-electron chi connectivity index (χ1n) is 29.7. The lowest BCUT2D eigenvalue weighted by molar-refractivity contribution is -0.124. The molecule has 12 atom stereocenters. The van der Waals surface area contributed by atoms with E-state index in [1.54, 1.807) is 40.6 Å². The van der Waals surface area contributed by atoms with Gasteiger partial charge in [-0.15, -0.1) is 0 Å². The van der Waals surface area contributed by atoms with Gasteiger partial charge in [0.25, 0.3) is 0 Å². The van der Waals surface area contributed by atoms with Crippen molar-refractivity contribution in [3.8, 4) is 51.7 Å². The number of fused-ring (bicyclic) bond motifs is 15. The van der Waals surface area contributed by atoms with Crippen molar-refractivity contribution >= 4 is 0 Å². The second-order valence-electron chi connectivity index (χ2n) is 29.4. The largest absolute Gasteiger partial charge is 0.504 e. The molecule has 9 heteroatoms. The summed E-state index contributed by atoms with van der Waals surface area (Å²) in [6.45, 7) is 31.9. The minimum atomic E-state index is 0.0400. The van der Waals surface area contributed by atoms with Crippen molar-refractivity contribution in [3.63, 3.8) is 0 Å². The second-order valence-corrected chi connectivity index (χ2v) is 29.4. The van der Waals surface area contributed by atoms with Gasteiger partial charge in [0.05, 0.1) is 48.3 Å². The minimum Gasteiger partial charge on any atom is -0.504 e. The standard InChI is InChI=1S/C23H34O3.2C22H32O3/c1-21(2)9-7-10-23(4)18(21)8-11-22(3)16-12-15(24-5)13-17(25-6)20(16)26-14-19(22)23;2*1-20(2)8-6-9-22(4)17(20)7-10-21(3)15-11-14(24-5)12-16(23)19(15)25-13-18(21)22/h12-13,18-19H,7-11,14H2,1-6H3;2*11-12,17-18,23H,6-10,13H2,1-5H3/t18-,19-,22-,23-;2*17-,18-,21-,22-/m000/s1. The topological polar surface area (TPSA) is 105 Å². The molecule has 2 N–H and O–H groups in total. The molecule has 6 fully saturated rings. The Morgan fingerprint density at radius 2 is 0.671 bits per heavy atom. The van der Waals surface area contributed by atoms with Crippen LogP contribution in [0.1, 0.15) is 196 Å². The van der Waals surface area contributed by atoms with Crippen molar-refractivity contribution in [3.05, 3.63) is 53.1 Å². The fraction of sp³-hybridized carbons (Fsp3) is 0.731. The molecule has 3 aromatic carbocycles. The van der Waals surface area contributed by atoms with E-state index < -0.39 is 0 Å². The normalized spacial score (nSPS) is 38.4. The van der Waals surface area contributed by atoms with Gasteiger partial charge in [0.15, 0.2) is 34.5 Å². The van der Waals surface area contributed by atoms with Crippen LogP contribution in [0.15, 0.2) is 36.4 Å². The molecule has 420 valence electrons. The zero-order chi connectivity index (χ0) is 54.8. The molecular formula is C67H98O9. The number of aromatic hydroxyl groups is 2. The first kappa shape index (κ1) is 55.2. The Morgan fingerprint density at radius 1 is 0.368 bits per heavy atom. The van der Waals surface area contributed by atoms with Gasteiger partial charge in [0.2, 0.25) is 0 Å². The molecule has 0 amide bonds. The van der Waals surface area contributed by atoms with Crippen LogP contribution in [-0.4, -0.2) is 58.5 Å². The monoisotopic (exact) mass is 1050 g/mol. The molecule has 0 unspecified atom stereocenters. The maximum Gasteiger partial charge on any atom is 0.165 e. The predicted octanol–water partition coefficient (Wildman–Crippen LogP) is 16.2. The van der Waals surface area contributed by atoms with Crippen LogP contribution in [0.3, 0.4) is 0 Å². The highest BCUT2D eigenvalue weighted by molar-refractivity contribution is 5.58. The quantitative estimate of drug-likeness (QED) is 0.264. The van der Waals surface area contributed by atoms with E-state index in [-0.39, 0.29) is 27.7 Å². The van der Waals surface area contributed by atoms with Crippen LogP contribution < -0.4 is 33.2 Å². The first-order chi connectivity index (χ1) is 35.7. The Kier molecular flexibility index (Phi) is 13.8. The van der Waals surface area contributed by atoms with E-state index in [9.17, 15) is 10.2 Å². The van der Waals surface area contributed by atoms with Gasteiger partial charge in [-0.3, -0.25) is 0 Å². The van der Waals surface area contributed by atoms with Crippen molar-refractivity contribution in [2.75, 3.05) is 48.3 Å². The molecule has 0 bridgehead atoms. The molecule has 3 aliphatic heterocycles. The summed E-state index contributed by atoms with van der Waals surface area (Å²) in [6.07, 6.45) is 19.2. The highest BCUT2D eigenvalue weighted by atomic mass is 16.5. The molecule has 0 aromatic heterocycles. The maximum absolute atomic E-state index is 10.4. The average Bonchev–Trinajstić information content (AvgIpc) is 3.37. The first-order valence-corrected chi connectivity index (χ1v) is 29.7. The highest BCUT2D eigenvalue weighted by Gasteiger charge is 2.64. The van der Waals surface area contributed by atoms with Gasteiger partial charge >= 0.3 is 0 Å². The van der Waals surface area contributed by atoms with Gasteiger partial charge in [-0.05, 0) is 145 Å². The third-order valence-electron chi connectivity index (χ3n) is 24.5. The van der Waals surface area contributed by atoms with E-state index in [1.807, 2.05) is 6.07 Å². The summed E-state index contributed by atoms with van der Waals surface area (Å²) in [4.78, 5) is 0. The fourth-order valence-electron chi connectivity index (χ4n) is 20.5. The minimum absolute atomic E-state index is 0.0400. The summed E-state index contributed by atoms with van der Waals surface area (Å²) >= 11 is 0. The molecular weight excluding hydrogens is 949 g/mol. The van der Waals surface area contributed by atoms with E-state index in [4.69, 9.17) is 33.2 Å². The third kappa shape index (κ3) is 8.38. The zero-order valence-corrected chi connectivity index (χ0v) is 49.9. The van der Waals surface area contributed by atoms with Gasteiger partial charge in [-0.2, -0.15) is 0 Å². The molecule has 0 saturated heterocycles. The van der Waals surface area contributed by atoms with Crippen molar-refractivity contribution in [1.29, 1.82) is 0 Å². The summed E-state index contributed by atoms with van der Waals surface area (Å²) in [5.74, 6) is 9.60. The van der Waals surface area contributed by atoms with Gasteiger partial charge < -0.3 is 43.4 Å². The fourth-order valence-corrected chi connectivity index (χ4v) is 20.5. The average molecular weight is 1050 g/mol. The molecule has 3 aromatic rings. The van der Waals surface area contributed by atoms with E-state index in [0.29, 0.717) is 75.0 Å². The molecule has 6 saturated carbocycles. The van der Waals surface area contributed by atoms with Crippen molar-refractivity contribution in [1.82, 2.24) is 0 Å². The van der Waals surface area contributed by atoms with Gasteiger partial charge in [-0.1, -0.05) is 102 Å². The number of rotatable bonds is 4. The third-order valence-corrected chi connectivity index (χ3v) is 24.5. The van der Waals surface area contributed by atoms with Crippen LogP contribution in [0.25, 0.3) is 0 Å². The molecule has 0 radical (unpaired) electrons. The smallest absolute Gasteiger partial charge is 0.165 e.